The molecule has 32 heavy (non-hydrogen) atoms. The molecular weight excluding hydrogens is 400 g/mol. The van der Waals surface area contributed by atoms with Crippen molar-refractivity contribution >= 4 is 5.91 Å². The van der Waals surface area contributed by atoms with E-state index in [1.54, 1.807) is 12.4 Å². The van der Waals surface area contributed by atoms with Crippen molar-refractivity contribution in [2.24, 2.45) is 5.41 Å². The van der Waals surface area contributed by atoms with Gasteiger partial charge in [0.2, 0.25) is 5.91 Å². The van der Waals surface area contributed by atoms with Crippen LogP contribution in [0, 0.1) is 5.41 Å². The van der Waals surface area contributed by atoms with E-state index in [4.69, 9.17) is 9.72 Å². The van der Waals surface area contributed by atoms with Gasteiger partial charge in [0.05, 0.1) is 18.3 Å². The Morgan fingerprint density at radius 3 is 2.62 bits per heavy atom. The lowest BCUT2D eigenvalue weighted by molar-refractivity contribution is -0.122. The SMILES string of the molecule is CCOc1ccc(CCC(=O)N[C@@H]2CC(C)(C)Cc3nc(-c4ccncc4)ncc32)cc1. The Morgan fingerprint density at radius 1 is 1.16 bits per heavy atom. The Kier molecular flexibility index (Phi) is 6.49. The number of ether oxygens (including phenoxy) is 1. The lowest BCUT2D eigenvalue weighted by atomic mass is 9.74. The third-order valence-corrected chi connectivity index (χ3v) is 5.83. The van der Waals surface area contributed by atoms with Crippen LogP contribution < -0.4 is 10.1 Å². The maximum Gasteiger partial charge on any atom is 0.220 e. The number of pyridine rings is 1. The summed E-state index contributed by atoms with van der Waals surface area (Å²) in [5.41, 5.74) is 4.15. The molecular formula is C26H30N4O2. The maximum atomic E-state index is 12.8. The Bertz CT molecular complexity index is 1060. The molecule has 0 saturated carbocycles. The van der Waals surface area contributed by atoms with E-state index in [9.17, 15) is 4.79 Å². The van der Waals surface area contributed by atoms with E-state index in [1.807, 2.05) is 49.5 Å². The van der Waals surface area contributed by atoms with Gasteiger partial charge in [-0.2, -0.15) is 0 Å². The van der Waals surface area contributed by atoms with Crippen LogP contribution in [-0.4, -0.2) is 27.5 Å². The second kappa shape index (κ2) is 9.47. The third kappa shape index (κ3) is 5.31. The van der Waals surface area contributed by atoms with E-state index >= 15 is 0 Å². The second-order valence-corrected chi connectivity index (χ2v) is 9.07. The third-order valence-electron chi connectivity index (χ3n) is 5.83. The van der Waals surface area contributed by atoms with Gasteiger partial charge in [-0.3, -0.25) is 9.78 Å². The zero-order valence-electron chi connectivity index (χ0n) is 19.0. The van der Waals surface area contributed by atoms with Crippen molar-refractivity contribution < 1.29 is 9.53 Å². The summed E-state index contributed by atoms with van der Waals surface area (Å²) in [6.07, 6.45) is 8.23. The fourth-order valence-electron chi connectivity index (χ4n) is 4.26. The average Bonchev–Trinajstić information content (AvgIpc) is 2.78. The van der Waals surface area contributed by atoms with Gasteiger partial charge in [0, 0.05) is 36.1 Å². The molecule has 0 bridgehead atoms. The minimum Gasteiger partial charge on any atom is -0.494 e. The van der Waals surface area contributed by atoms with Gasteiger partial charge in [-0.15, -0.1) is 0 Å². The Morgan fingerprint density at radius 2 is 1.91 bits per heavy atom. The van der Waals surface area contributed by atoms with E-state index in [0.29, 0.717) is 25.3 Å². The normalized spacial score (nSPS) is 16.8. The number of carbonyl (C=O) groups excluding carboxylic acids is 1. The zero-order valence-corrected chi connectivity index (χ0v) is 19.0. The number of carbonyl (C=O) groups is 1. The predicted molar refractivity (Wildman–Crippen MR) is 124 cm³/mol. The van der Waals surface area contributed by atoms with Crippen LogP contribution in [0.2, 0.25) is 0 Å². The number of hydrogen-bond acceptors (Lipinski definition) is 5. The largest absolute Gasteiger partial charge is 0.494 e. The molecule has 0 fully saturated rings. The first-order chi connectivity index (χ1) is 15.4. The molecule has 4 rings (SSSR count). The molecule has 1 amide bonds. The molecule has 0 saturated heterocycles. The number of fused-ring (bicyclic) bond motifs is 1. The van der Waals surface area contributed by atoms with E-state index in [2.05, 4.69) is 29.1 Å². The number of aryl methyl sites for hydroxylation is 1. The topological polar surface area (TPSA) is 77.0 Å². The molecule has 0 aliphatic heterocycles. The molecule has 166 valence electrons. The number of hydrogen-bond donors (Lipinski definition) is 1. The standard InChI is InChI=1S/C26H30N4O2/c1-4-32-20-8-5-18(6-9-20)7-10-24(31)29-22-15-26(2,3)16-23-21(22)17-28-25(30-23)19-11-13-27-14-12-19/h5-6,8-9,11-14,17,22H,4,7,10,15-16H2,1-3H3,(H,29,31)/t22-/m1/s1. The van der Waals surface area contributed by atoms with Crippen LogP contribution in [0.25, 0.3) is 11.4 Å². The Balaban J connectivity index is 1.45. The summed E-state index contributed by atoms with van der Waals surface area (Å²) in [6, 6.07) is 11.7. The molecule has 1 aromatic carbocycles. The molecule has 0 spiro atoms. The highest BCUT2D eigenvalue weighted by Crippen LogP contribution is 2.40. The highest BCUT2D eigenvalue weighted by atomic mass is 16.5. The number of aromatic nitrogens is 3. The average molecular weight is 431 g/mol. The molecule has 0 unspecified atom stereocenters. The highest BCUT2D eigenvalue weighted by molar-refractivity contribution is 5.76. The molecule has 3 aromatic rings. The van der Waals surface area contributed by atoms with Gasteiger partial charge in [-0.1, -0.05) is 26.0 Å². The van der Waals surface area contributed by atoms with E-state index in [0.717, 1.165) is 41.0 Å². The lowest BCUT2D eigenvalue weighted by Gasteiger charge is -2.36. The first-order valence-corrected chi connectivity index (χ1v) is 11.2. The summed E-state index contributed by atoms with van der Waals surface area (Å²) in [6.45, 7) is 7.06. The van der Waals surface area contributed by atoms with Gasteiger partial charge >= 0.3 is 0 Å². The number of benzene rings is 1. The van der Waals surface area contributed by atoms with E-state index in [1.165, 1.54) is 0 Å². The summed E-state index contributed by atoms with van der Waals surface area (Å²) >= 11 is 0. The quantitative estimate of drug-likeness (QED) is 0.588. The fraction of sp³-hybridized carbons (Fsp3) is 0.385. The summed E-state index contributed by atoms with van der Waals surface area (Å²) in [5.74, 6) is 1.60. The van der Waals surface area contributed by atoms with Crippen LogP contribution in [0.4, 0.5) is 0 Å². The Hall–Kier alpha value is -3.28. The minimum absolute atomic E-state index is 0.0456. The molecule has 1 N–H and O–H groups in total. The zero-order chi connectivity index (χ0) is 22.6. The summed E-state index contributed by atoms with van der Waals surface area (Å²) in [7, 11) is 0. The van der Waals surface area contributed by atoms with Crippen LogP contribution in [0.1, 0.15) is 56.5 Å². The summed E-state index contributed by atoms with van der Waals surface area (Å²) in [4.78, 5) is 26.3. The molecule has 2 aromatic heterocycles. The fourth-order valence-corrected chi connectivity index (χ4v) is 4.26. The predicted octanol–water partition coefficient (Wildman–Crippen LogP) is 4.70. The number of nitrogens with one attached hydrogen (secondary N) is 1. The van der Waals surface area contributed by atoms with Gasteiger partial charge in [0.25, 0.3) is 0 Å². The maximum absolute atomic E-state index is 12.8. The summed E-state index contributed by atoms with van der Waals surface area (Å²) < 4.78 is 5.48. The Labute approximate surface area is 189 Å². The van der Waals surface area contributed by atoms with E-state index in [-0.39, 0.29) is 17.4 Å². The lowest BCUT2D eigenvalue weighted by Crippen LogP contribution is -2.37. The monoisotopic (exact) mass is 430 g/mol. The molecule has 0 radical (unpaired) electrons. The van der Waals surface area contributed by atoms with Crippen molar-refractivity contribution in [2.45, 2.75) is 52.5 Å². The van der Waals surface area contributed by atoms with Crippen molar-refractivity contribution in [3.05, 3.63) is 71.8 Å². The van der Waals surface area contributed by atoms with Crippen LogP contribution >= 0.6 is 0 Å². The summed E-state index contributed by atoms with van der Waals surface area (Å²) in [5, 5.41) is 3.24. The van der Waals surface area contributed by atoms with Crippen molar-refractivity contribution in [3.8, 4) is 17.1 Å². The van der Waals surface area contributed by atoms with Crippen molar-refractivity contribution in [2.75, 3.05) is 6.61 Å². The molecule has 2 heterocycles. The molecule has 6 heteroatoms. The van der Waals surface area contributed by atoms with Crippen LogP contribution in [0.3, 0.4) is 0 Å². The van der Waals surface area contributed by atoms with Gasteiger partial charge in [0.15, 0.2) is 5.82 Å². The molecule has 1 aliphatic rings. The number of rotatable bonds is 7. The van der Waals surface area contributed by atoms with Crippen molar-refractivity contribution in [1.82, 2.24) is 20.3 Å². The van der Waals surface area contributed by atoms with Crippen LogP contribution in [-0.2, 0) is 17.6 Å². The smallest absolute Gasteiger partial charge is 0.220 e. The molecule has 1 atom stereocenters. The molecule has 1 aliphatic carbocycles. The highest BCUT2D eigenvalue weighted by Gasteiger charge is 2.34. The second-order valence-electron chi connectivity index (χ2n) is 9.07. The first-order valence-electron chi connectivity index (χ1n) is 11.2. The van der Waals surface area contributed by atoms with Gasteiger partial charge in [-0.05, 0) is 61.4 Å². The molecule has 6 nitrogen and oxygen atoms in total. The van der Waals surface area contributed by atoms with Crippen molar-refractivity contribution in [1.29, 1.82) is 0 Å². The van der Waals surface area contributed by atoms with Gasteiger partial charge in [-0.25, -0.2) is 9.97 Å². The van der Waals surface area contributed by atoms with Gasteiger partial charge < -0.3 is 10.1 Å². The number of amides is 1. The van der Waals surface area contributed by atoms with Crippen LogP contribution in [0.15, 0.2) is 55.0 Å². The first kappa shape index (κ1) is 21.9. The van der Waals surface area contributed by atoms with Crippen LogP contribution in [0.5, 0.6) is 5.75 Å². The number of nitrogens with zero attached hydrogens (tertiary/aromatic N) is 3. The minimum atomic E-state index is -0.0759. The van der Waals surface area contributed by atoms with E-state index < -0.39 is 0 Å². The van der Waals surface area contributed by atoms with Crippen molar-refractivity contribution in [3.63, 3.8) is 0 Å². The van der Waals surface area contributed by atoms with Gasteiger partial charge in [0.1, 0.15) is 5.75 Å².